The summed E-state index contributed by atoms with van der Waals surface area (Å²) >= 11 is 0. The lowest BCUT2D eigenvalue weighted by Gasteiger charge is -2.35. The van der Waals surface area contributed by atoms with Crippen LogP contribution >= 0.6 is 0 Å². The molecule has 1 aliphatic heterocycles. The molecule has 6 heteroatoms. The van der Waals surface area contributed by atoms with Crippen LogP contribution in [0.1, 0.15) is 18.4 Å². The summed E-state index contributed by atoms with van der Waals surface area (Å²) in [5, 5.41) is 0. The topological polar surface area (TPSA) is 66.6 Å². The maximum Gasteiger partial charge on any atom is 0.211 e. The molecule has 1 aromatic rings. The predicted octanol–water partition coefficient (Wildman–Crippen LogP) is 0.878. The number of sulfonamides is 1. The number of benzene rings is 1. The van der Waals surface area contributed by atoms with Gasteiger partial charge in [0.05, 0.1) is 6.26 Å². The molecular formula is C15H23N3O2S. The Morgan fingerprint density at radius 2 is 1.67 bits per heavy atom. The van der Waals surface area contributed by atoms with E-state index in [1.165, 1.54) is 24.7 Å². The first-order chi connectivity index (χ1) is 9.89. The van der Waals surface area contributed by atoms with E-state index in [1.807, 2.05) is 12.1 Å². The monoisotopic (exact) mass is 309 g/mol. The second-order valence-corrected chi connectivity index (χ2v) is 8.32. The number of nitrogens with two attached hydrogens (primary N) is 1. The highest BCUT2D eigenvalue weighted by molar-refractivity contribution is 7.88. The van der Waals surface area contributed by atoms with Crippen molar-refractivity contribution in [1.82, 2.24) is 9.21 Å². The first kappa shape index (κ1) is 14.8. The third-order valence-corrected chi connectivity index (χ3v) is 6.01. The molecule has 1 saturated carbocycles. The van der Waals surface area contributed by atoms with Gasteiger partial charge in [-0.1, -0.05) is 12.1 Å². The lowest BCUT2D eigenvalue weighted by Crippen LogP contribution is -2.50. The average Bonchev–Trinajstić information content (AvgIpc) is 3.20. The minimum Gasteiger partial charge on any atom is -0.399 e. The number of hydrogen-bond acceptors (Lipinski definition) is 4. The molecule has 1 heterocycles. The quantitative estimate of drug-likeness (QED) is 0.839. The predicted molar refractivity (Wildman–Crippen MR) is 84.6 cm³/mol. The van der Waals surface area contributed by atoms with Crippen molar-refractivity contribution in [3.05, 3.63) is 29.8 Å². The zero-order chi connectivity index (χ0) is 15.1. The maximum atomic E-state index is 11.5. The number of nitrogens with zero attached hydrogens (tertiary/aromatic N) is 2. The highest BCUT2D eigenvalue weighted by Crippen LogP contribution is 2.48. The van der Waals surface area contributed by atoms with E-state index in [-0.39, 0.29) is 5.41 Å². The van der Waals surface area contributed by atoms with Crippen LogP contribution in [0.4, 0.5) is 5.69 Å². The molecular weight excluding hydrogens is 286 g/mol. The van der Waals surface area contributed by atoms with Gasteiger partial charge in [-0.2, -0.15) is 4.31 Å². The van der Waals surface area contributed by atoms with Crippen molar-refractivity contribution >= 4 is 15.7 Å². The van der Waals surface area contributed by atoms with Crippen LogP contribution in [0.15, 0.2) is 24.3 Å². The molecule has 0 atom stereocenters. The van der Waals surface area contributed by atoms with E-state index >= 15 is 0 Å². The second kappa shape index (κ2) is 5.26. The molecule has 2 fully saturated rings. The SMILES string of the molecule is CS(=O)(=O)N1CCN(CC2(c3ccc(N)cc3)CC2)CC1. The first-order valence-electron chi connectivity index (χ1n) is 7.43. The molecule has 0 spiro atoms. The Balaban J connectivity index is 1.62. The van der Waals surface area contributed by atoms with Gasteiger partial charge in [-0.25, -0.2) is 8.42 Å². The summed E-state index contributed by atoms with van der Waals surface area (Å²) in [5.41, 5.74) is 8.19. The standard InChI is InChI=1S/C15H23N3O2S/c1-21(19,20)18-10-8-17(9-11-18)12-15(6-7-15)13-2-4-14(16)5-3-13/h2-5H,6-12,16H2,1H3. The molecule has 5 nitrogen and oxygen atoms in total. The van der Waals surface area contributed by atoms with E-state index in [0.717, 1.165) is 25.3 Å². The molecule has 0 radical (unpaired) electrons. The fraction of sp³-hybridized carbons (Fsp3) is 0.600. The summed E-state index contributed by atoms with van der Waals surface area (Å²) in [4.78, 5) is 2.39. The van der Waals surface area contributed by atoms with Gasteiger partial charge in [0.2, 0.25) is 10.0 Å². The molecule has 1 aromatic carbocycles. The van der Waals surface area contributed by atoms with Crippen molar-refractivity contribution in [2.45, 2.75) is 18.3 Å². The normalized spacial score (nSPS) is 23.1. The zero-order valence-electron chi connectivity index (χ0n) is 12.5. The van der Waals surface area contributed by atoms with E-state index < -0.39 is 10.0 Å². The van der Waals surface area contributed by atoms with Gasteiger partial charge >= 0.3 is 0 Å². The Morgan fingerprint density at radius 1 is 1.10 bits per heavy atom. The van der Waals surface area contributed by atoms with Gasteiger partial charge in [0, 0.05) is 43.8 Å². The molecule has 21 heavy (non-hydrogen) atoms. The summed E-state index contributed by atoms with van der Waals surface area (Å²) in [6.45, 7) is 3.88. The first-order valence-corrected chi connectivity index (χ1v) is 9.27. The maximum absolute atomic E-state index is 11.5. The molecule has 1 saturated heterocycles. The van der Waals surface area contributed by atoms with Gasteiger partial charge in [0.25, 0.3) is 0 Å². The van der Waals surface area contributed by atoms with Crippen LogP contribution in [0.3, 0.4) is 0 Å². The van der Waals surface area contributed by atoms with Crippen molar-refractivity contribution in [2.75, 3.05) is 44.7 Å². The van der Waals surface area contributed by atoms with E-state index in [2.05, 4.69) is 17.0 Å². The molecule has 2 N–H and O–H groups in total. The molecule has 116 valence electrons. The third kappa shape index (κ3) is 3.22. The fourth-order valence-corrected chi connectivity index (χ4v) is 4.00. The van der Waals surface area contributed by atoms with Crippen LogP contribution < -0.4 is 5.73 Å². The Bertz CT molecular complexity index is 600. The number of rotatable bonds is 4. The number of anilines is 1. The largest absolute Gasteiger partial charge is 0.399 e. The summed E-state index contributed by atoms with van der Waals surface area (Å²) in [6.07, 6.45) is 3.71. The highest BCUT2D eigenvalue weighted by Gasteiger charge is 2.45. The van der Waals surface area contributed by atoms with Gasteiger partial charge in [0.1, 0.15) is 0 Å². The summed E-state index contributed by atoms with van der Waals surface area (Å²) in [6, 6.07) is 8.21. The van der Waals surface area contributed by atoms with Crippen LogP contribution in [0.5, 0.6) is 0 Å². The molecule has 0 amide bonds. The van der Waals surface area contributed by atoms with Gasteiger partial charge in [0.15, 0.2) is 0 Å². The molecule has 1 aliphatic carbocycles. The van der Waals surface area contributed by atoms with Crippen molar-refractivity contribution in [3.63, 3.8) is 0 Å². The summed E-state index contributed by atoms with van der Waals surface area (Å²) in [7, 11) is -3.04. The van der Waals surface area contributed by atoms with E-state index in [1.54, 1.807) is 4.31 Å². The summed E-state index contributed by atoms with van der Waals surface area (Å²) < 4.78 is 24.7. The molecule has 2 aliphatic rings. The van der Waals surface area contributed by atoms with Gasteiger partial charge in [-0.3, -0.25) is 4.90 Å². The minimum absolute atomic E-state index is 0.265. The second-order valence-electron chi connectivity index (χ2n) is 6.34. The Morgan fingerprint density at radius 3 is 2.14 bits per heavy atom. The van der Waals surface area contributed by atoms with Crippen LogP contribution in [0.2, 0.25) is 0 Å². The molecule has 0 aromatic heterocycles. The lowest BCUT2D eigenvalue weighted by molar-refractivity contribution is 0.175. The third-order valence-electron chi connectivity index (χ3n) is 4.70. The minimum atomic E-state index is -3.04. The van der Waals surface area contributed by atoms with Crippen molar-refractivity contribution in [3.8, 4) is 0 Å². The van der Waals surface area contributed by atoms with Crippen molar-refractivity contribution in [1.29, 1.82) is 0 Å². The Kier molecular flexibility index (Phi) is 3.71. The summed E-state index contributed by atoms with van der Waals surface area (Å²) in [5.74, 6) is 0. The van der Waals surface area contributed by atoms with Crippen LogP contribution in [0.25, 0.3) is 0 Å². The van der Waals surface area contributed by atoms with Crippen molar-refractivity contribution < 1.29 is 8.42 Å². The Hall–Kier alpha value is -1.11. The van der Waals surface area contributed by atoms with E-state index in [9.17, 15) is 8.42 Å². The number of nitrogen functional groups attached to an aromatic ring is 1. The number of hydrogen-bond donors (Lipinski definition) is 1. The van der Waals surface area contributed by atoms with Gasteiger partial charge in [-0.15, -0.1) is 0 Å². The van der Waals surface area contributed by atoms with Crippen LogP contribution in [0, 0.1) is 0 Å². The van der Waals surface area contributed by atoms with Crippen molar-refractivity contribution in [2.24, 2.45) is 0 Å². The van der Waals surface area contributed by atoms with Crippen LogP contribution in [-0.2, 0) is 15.4 Å². The van der Waals surface area contributed by atoms with E-state index in [4.69, 9.17) is 5.73 Å². The number of piperazine rings is 1. The molecule has 3 rings (SSSR count). The molecule has 0 unspecified atom stereocenters. The van der Waals surface area contributed by atoms with Gasteiger partial charge < -0.3 is 5.73 Å². The average molecular weight is 309 g/mol. The highest BCUT2D eigenvalue weighted by atomic mass is 32.2. The fourth-order valence-electron chi connectivity index (χ4n) is 3.17. The molecule has 0 bridgehead atoms. The van der Waals surface area contributed by atoms with Crippen LogP contribution in [-0.4, -0.2) is 56.6 Å². The lowest BCUT2D eigenvalue weighted by atomic mass is 9.95. The Labute approximate surface area is 126 Å². The smallest absolute Gasteiger partial charge is 0.211 e. The zero-order valence-corrected chi connectivity index (χ0v) is 13.3. The van der Waals surface area contributed by atoms with Gasteiger partial charge in [-0.05, 0) is 30.5 Å². The van der Waals surface area contributed by atoms with E-state index in [0.29, 0.717) is 13.1 Å².